The van der Waals surface area contributed by atoms with Crippen LogP contribution in [0.25, 0.3) is 10.8 Å². The smallest absolute Gasteiger partial charge is 0.322 e. The summed E-state index contributed by atoms with van der Waals surface area (Å²) in [5, 5.41) is 10.5. The van der Waals surface area contributed by atoms with E-state index >= 15 is 0 Å². The molecule has 6 nitrogen and oxygen atoms in total. The first-order valence-electron chi connectivity index (χ1n) is 6.59. The summed E-state index contributed by atoms with van der Waals surface area (Å²) in [5.74, 6) is -1.10. The third-order valence-corrected chi connectivity index (χ3v) is 5.68. The molecule has 1 unspecified atom stereocenters. The molecular formula is C14H14N2O4S. The van der Waals surface area contributed by atoms with Gasteiger partial charge < -0.3 is 5.11 Å². The van der Waals surface area contributed by atoms with Gasteiger partial charge in [-0.2, -0.15) is 4.31 Å². The van der Waals surface area contributed by atoms with E-state index in [4.69, 9.17) is 0 Å². The third kappa shape index (κ3) is 2.28. The summed E-state index contributed by atoms with van der Waals surface area (Å²) in [4.78, 5) is 15.3. The Kier molecular flexibility index (Phi) is 3.38. The molecule has 2 aromatic rings. The molecule has 2 heterocycles. The molecule has 1 aromatic carbocycles. The highest BCUT2D eigenvalue weighted by Crippen LogP contribution is 2.30. The Morgan fingerprint density at radius 1 is 1.33 bits per heavy atom. The second-order valence-corrected chi connectivity index (χ2v) is 6.82. The lowest BCUT2D eigenvalue weighted by Crippen LogP contribution is -2.40. The number of pyridine rings is 1. The Balaban J connectivity index is 2.15. The van der Waals surface area contributed by atoms with E-state index in [9.17, 15) is 18.3 Å². The van der Waals surface area contributed by atoms with E-state index in [0.29, 0.717) is 23.6 Å². The zero-order valence-corrected chi connectivity index (χ0v) is 12.0. The minimum absolute atomic E-state index is 0.135. The number of carbonyl (C=O) groups is 1. The van der Waals surface area contributed by atoms with Crippen LogP contribution in [0, 0.1) is 0 Å². The summed E-state index contributed by atoms with van der Waals surface area (Å²) in [7, 11) is -3.83. The first-order valence-corrected chi connectivity index (χ1v) is 8.03. The molecule has 0 spiro atoms. The van der Waals surface area contributed by atoms with Crippen LogP contribution >= 0.6 is 0 Å². The zero-order chi connectivity index (χ0) is 15.0. The van der Waals surface area contributed by atoms with Crippen molar-refractivity contribution in [1.82, 2.24) is 9.29 Å². The number of aliphatic carboxylic acids is 1. The highest BCUT2D eigenvalue weighted by molar-refractivity contribution is 7.89. The van der Waals surface area contributed by atoms with Crippen molar-refractivity contribution < 1.29 is 18.3 Å². The average molecular weight is 306 g/mol. The molecule has 1 atom stereocenters. The fraction of sp³-hybridized carbons (Fsp3) is 0.286. The van der Waals surface area contributed by atoms with Gasteiger partial charge in [0.15, 0.2) is 0 Å². The molecule has 0 bridgehead atoms. The van der Waals surface area contributed by atoms with Crippen LogP contribution in [0.1, 0.15) is 12.8 Å². The largest absolute Gasteiger partial charge is 0.480 e. The van der Waals surface area contributed by atoms with Gasteiger partial charge in [-0.25, -0.2) is 8.42 Å². The van der Waals surface area contributed by atoms with Crippen LogP contribution in [-0.2, 0) is 14.8 Å². The molecule has 21 heavy (non-hydrogen) atoms. The van der Waals surface area contributed by atoms with Crippen molar-refractivity contribution >= 4 is 26.8 Å². The van der Waals surface area contributed by atoms with Gasteiger partial charge in [0.1, 0.15) is 6.04 Å². The molecule has 0 amide bonds. The molecule has 1 N–H and O–H groups in total. The van der Waals surface area contributed by atoms with E-state index in [-0.39, 0.29) is 11.4 Å². The summed E-state index contributed by atoms with van der Waals surface area (Å²) in [6, 6.07) is 5.58. The molecular weight excluding hydrogens is 292 g/mol. The Bertz CT molecular complexity index is 798. The van der Waals surface area contributed by atoms with E-state index in [2.05, 4.69) is 4.98 Å². The molecule has 1 saturated heterocycles. The Labute approximate surface area is 122 Å². The van der Waals surface area contributed by atoms with Gasteiger partial charge in [-0.05, 0) is 25.0 Å². The van der Waals surface area contributed by atoms with Crippen LogP contribution in [0.5, 0.6) is 0 Å². The number of sulfonamides is 1. The van der Waals surface area contributed by atoms with Crippen molar-refractivity contribution in [1.29, 1.82) is 0 Å². The van der Waals surface area contributed by atoms with Crippen LogP contribution in [0.3, 0.4) is 0 Å². The van der Waals surface area contributed by atoms with Gasteiger partial charge in [-0.1, -0.05) is 12.1 Å². The first-order chi connectivity index (χ1) is 10.0. The van der Waals surface area contributed by atoms with Crippen molar-refractivity contribution in [2.24, 2.45) is 0 Å². The van der Waals surface area contributed by atoms with Crippen LogP contribution in [-0.4, -0.2) is 41.4 Å². The predicted molar refractivity (Wildman–Crippen MR) is 76.3 cm³/mol. The third-order valence-electron chi connectivity index (χ3n) is 3.72. The van der Waals surface area contributed by atoms with Crippen molar-refractivity contribution in [3.05, 3.63) is 36.7 Å². The van der Waals surface area contributed by atoms with Crippen LogP contribution < -0.4 is 0 Å². The molecule has 0 radical (unpaired) electrons. The number of aromatic nitrogens is 1. The maximum absolute atomic E-state index is 12.8. The summed E-state index contributed by atoms with van der Waals surface area (Å²) in [6.45, 7) is 0.237. The van der Waals surface area contributed by atoms with E-state index in [1.165, 1.54) is 12.3 Å². The zero-order valence-electron chi connectivity index (χ0n) is 11.1. The number of carboxylic acids is 1. The minimum atomic E-state index is -3.83. The molecule has 1 aliphatic heterocycles. The molecule has 1 aliphatic rings. The second kappa shape index (κ2) is 5.09. The molecule has 7 heteroatoms. The highest BCUT2D eigenvalue weighted by Gasteiger charge is 2.39. The quantitative estimate of drug-likeness (QED) is 0.928. The lowest BCUT2D eigenvalue weighted by molar-refractivity contribution is -0.140. The summed E-state index contributed by atoms with van der Waals surface area (Å²) >= 11 is 0. The lowest BCUT2D eigenvalue weighted by Gasteiger charge is -2.21. The second-order valence-electron chi connectivity index (χ2n) is 4.96. The Morgan fingerprint density at radius 2 is 2.14 bits per heavy atom. The van der Waals surface area contributed by atoms with E-state index in [1.807, 2.05) is 0 Å². The highest BCUT2D eigenvalue weighted by atomic mass is 32.2. The number of hydrogen-bond acceptors (Lipinski definition) is 4. The standard InChI is InChI=1S/C14H14N2O4S/c17-14(18)12-4-2-8-16(12)21(19,20)13-5-1-3-10-9-15-7-6-11(10)13/h1,3,5-7,9,12H,2,4,8H2,(H,17,18). The van der Waals surface area contributed by atoms with Crippen LogP contribution in [0.15, 0.2) is 41.6 Å². The number of benzene rings is 1. The van der Waals surface area contributed by atoms with E-state index in [0.717, 1.165) is 4.31 Å². The molecule has 3 rings (SSSR count). The van der Waals surface area contributed by atoms with Crippen LogP contribution in [0.2, 0.25) is 0 Å². The average Bonchev–Trinajstić information content (AvgIpc) is 2.97. The molecule has 1 aromatic heterocycles. The molecule has 110 valence electrons. The predicted octanol–water partition coefficient (Wildman–Crippen LogP) is 1.47. The van der Waals surface area contributed by atoms with Crippen molar-refractivity contribution in [2.45, 2.75) is 23.8 Å². The SMILES string of the molecule is O=C(O)C1CCCN1S(=O)(=O)c1cccc2cnccc12. The number of hydrogen-bond donors (Lipinski definition) is 1. The topological polar surface area (TPSA) is 87.6 Å². The van der Waals surface area contributed by atoms with Crippen molar-refractivity contribution in [3.63, 3.8) is 0 Å². The maximum atomic E-state index is 12.8. The number of rotatable bonds is 3. The Morgan fingerprint density at radius 3 is 2.90 bits per heavy atom. The van der Waals surface area contributed by atoms with Gasteiger partial charge in [0.05, 0.1) is 4.90 Å². The fourth-order valence-corrected chi connectivity index (χ4v) is 4.59. The minimum Gasteiger partial charge on any atom is -0.480 e. The monoisotopic (exact) mass is 306 g/mol. The summed E-state index contributed by atoms with van der Waals surface area (Å²) in [6.07, 6.45) is 4.02. The summed E-state index contributed by atoms with van der Waals surface area (Å²) < 4.78 is 26.7. The molecule has 1 fully saturated rings. The maximum Gasteiger partial charge on any atom is 0.322 e. The van der Waals surface area contributed by atoms with Gasteiger partial charge in [0.25, 0.3) is 0 Å². The normalized spacial score (nSPS) is 19.9. The van der Waals surface area contributed by atoms with E-state index < -0.39 is 22.0 Å². The number of fused-ring (bicyclic) bond motifs is 1. The van der Waals surface area contributed by atoms with Gasteiger partial charge >= 0.3 is 5.97 Å². The van der Waals surface area contributed by atoms with Gasteiger partial charge in [-0.3, -0.25) is 9.78 Å². The molecule has 0 saturated carbocycles. The first kappa shape index (κ1) is 14.0. The van der Waals surface area contributed by atoms with Crippen LogP contribution in [0.4, 0.5) is 0 Å². The van der Waals surface area contributed by atoms with Crippen molar-refractivity contribution in [3.8, 4) is 0 Å². The fourth-order valence-electron chi connectivity index (χ4n) is 2.72. The Hall–Kier alpha value is -1.99. The van der Waals surface area contributed by atoms with Gasteiger partial charge in [0.2, 0.25) is 10.0 Å². The van der Waals surface area contributed by atoms with Gasteiger partial charge in [-0.15, -0.1) is 0 Å². The number of nitrogens with zero attached hydrogens (tertiary/aromatic N) is 2. The lowest BCUT2D eigenvalue weighted by atomic mass is 10.2. The van der Waals surface area contributed by atoms with Crippen molar-refractivity contribution in [2.75, 3.05) is 6.54 Å². The number of carboxylic acid groups (broad SMARTS) is 1. The van der Waals surface area contributed by atoms with E-state index in [1.54, 1.807) is 24.4 Å². The van der Waals surface area contributed by atoms with Gasteiger partial charge in [0, 0.05) is 29.7 Å². The molecule has 0 aliphatic carbocycles. The summed E-state index contributed by atoms with van der Waals surface area (Å²) in [5.41, 5.74) is 0.